The number of piperidine rings is 2. The summed E-state index contributed by atoms with van der Waals surface area (Å²) in [7, 11) is 0. The summed E-state index contributed by atoms with van der Waals surface area (Å²) in [6.45, 7) is 2.61. The number of rotatable bonds is 4. The van der Waals surface area contributed by atoms with Gasteiger partial charge in [-0.2, -0.15) is 0 Å². The highest BCUT2D eigenvalue weighted by atomic mass is 35.5. The van der Waals surface area contributed by atoms with E-state index in [0.29, 0.717) is 41.9 Å². The third kappa shape index (κ3) is 3.32. The molecule has 3 atom stereocenters. The minimum atomic E-state index is -0.483. The van der Waals surface area contributed by atoms with Gasteiger partial charge in [0.05, 0.1) is 6.10 Å². The summed E-state index contributed by atoms with van der Waals surface area (Å²) in [4.78, 5) is 16.8. The van der Waals surface area contributed by atoms with Crippen molar-refractivity contribution in [3.8, 4) is 0 Å². The van der Waals surface area contributed by atoms with E-state index in [1.165, 1.54) is 12.8 Å². The molecular weight excluding hydrogens is 324 g/mol. The Bertz CT molecular complexity index is 602. The highest BCUT2D eigenvalue weighted by Gasteiger charge is 2.45. The van der Waals surface area contributed by atoms with Crippen LogP contribution in [0.4, 0.5) is 0 Å². The molecule has 2 heterocycles. The second kappa shape index (κ2) is 6.66. The second-order valence-electron chi connectivity index (χ2n) is 7.51. The Labute approximate surface area is 148 Å². The SMILES string of the molecule is O=C1CCC2CN(CC(O)c3ccc(Cl)cc3)CCC2N1C1CC1. The normalized spacial score (nSPS) is 29.4. The van der Waals surface area contributed by atoms with Gasteiger partial charge in [-0.3, -0.25) is 9.69 Å². The van der Waals surface area contributed by atoms with Gasteiger partial charge in [0.25, 0.3) is 0 Å². The number of hydrogen-bond acceptors (Lipinski definition) is 3. The number of aliphatic hydroxyl groups is 1. The first-order valence-corrected chi connectivity index (χ1v) is 9.46. The van der Waals surface area contributed by atoms with Crippen molar-refractivity contribution in [3.63, 3.8) is 0 Å². The second-order valence-corrected chi connectivity index (χ2v) is 7.95. The number of halogens is 1. The number of nitrogens with zero attached hydrogens (tertiary/aromatic N) is 2. The van der Waals surface area contributed by atoms with Gasteiger partial charge in [-0.1, -0.05) is 23.7 Å². The number of carbonyl (C=O) groups is 1. The predicted octanol–water partition coefficient (Wildman–Crippen LogP) is 2.85. The third-order valence-corrected chi connectivity index (χ3v) is 6.03. The fraction of sp³-hybridized carbons (Fsp3) is 0.632. The highest BCUT2D eigenvalue weighted by molar-refractivity contribution is 6.30. The van der Waals surface area contributed by atoms with Gasteiger partial charge >= 0.3 is 0 Å². The van der Waals surface area contributed by atoms with Crippen LogP contribution in [0.1, 0.15) is 43.8 Å². The molecule has 1 aromatic rings. The summed E-state index contributed by atoms with van der Waals surface area (Å²) >= 11 is 5.92. The van der Waals surface area contributed by atoms with E-state index in [0.717, 1.165) is 31.5 Å². The first kappa shape index (κ1) is 16.4. The molecule has 1 amide bonds. The molecule has 0 aromatic heterocycles. The number of likely N-dealkylation sites (tertiary alicyclic amines) is 2. The Morgan fingerprint density at radius 1 is 1.17 bits per heavy atom. The quantitative estimate of drug-likeness (QED) is 0.910. The zero-order chi connectivity index (χ0) is 16.7. The first-order valence-electron chi connectivity index (χ1n) is 9.09. The van der Waals surface area contributed by atoms with E-state index >= 15 is 0 Å². The summed E-state index contributed by atoms with van der Waals surface area (Å²) in [5.74, 6) is 0.933. The molecule has 1 N–H and O–H groups in total. The molecule has 2 aliphatic heterocycles. The molecule has 0 radical (unpaired) electrons. The number of amides is 1. The summed E-state index contributed by atoms with van der Waals surface area (Å²) in [6.07, 6.45) is 4.64. The molecule has 3 unspecified atom stereocenters. The molecule has 3 aliphatic rings. The molecule has 0 spiro atoms. The van der Waals surface area contributed by atoms with Gasteiger partial charge in [0, 0.05) is 43.2 Å². The van der Waals surface area contributed by atoms with Crippen LogP contribution in [-0.2, 0) is 4.79 Å². The Hall–Kier alpha value is -1.10. The molecule has 5 heteroatoms. The average molecular weight is 349 g/mol. The molecule has 1 saturated carbocycles. The fourth-order valence-corrected chi connectivity index (χ4v) is 4.52. The van der Waals surface area contributed by atoms with Gasteiger partial charge in [-0.15, -0.1) is 0 Å². The average Bonchev–Trinajstić information content (AvgIpc) is 3.40. The largest absolute Gasteiger partial charge is 0.387 e. The van der Waals surface area contributed by atoms with Crippen LogP contribution in [0.2, 0.25) is 5.02 Å². The highest BCUT2D eigenvalue weighted by Crippen LogP contribution is 2.39. The van der Waals surface area contributed by atoms with Crippen LogP contribution >= 0.6 is 11.6 Å². The van der Waals surface area contributed by atoms with Gasteiger partial charge in [-0.05, 0) is 49.3 Å². The number of benzene rings is 1. The van der Waals surface area contributed by atoms with E-state index in [1.54, 1.807) is 0 Å². The van der Waals surface area contributed by atoms with Gasteiger partial charge in [0.15, 0.2) is 0 Å². The van der Waals surface area contributed by atoms with Crippen molar-refractivity contribution in [1.82, 2.24) is 9.80 Å². The van der Waals surface area contributed by atoms with Gasteiger partial charge in [-0.25, -0.2) is 0 Å². The maximum absolute atomic E-state index is 12.3. The van der Waals surface area contributed by atoms with Crippen LogP contribution in [0, 0.1) is 5.92 Å². The minimum absolute atomic E-state index is 0.369. The zero-order valence-corrected chi connectivity index (χ0v) is 14.7. The maximum atomic E-state index is 12.3. The van der Waals surface area contributed by atoms with Crippen LogP contribution < -0.4 is 0 Å². The standard InChI is InChI=1S/C19H25ClN2O2/c20-15-4-1-13(2-5-15)18(23)12-21-10-9-17-14(11-21)3-8-19(24)22(17)16-6-7-16/h1-2,4-5,14,16-18,23H,3,6-12H2. The smallest absolute Gasteiger partial charge is 0.223 e. The van der Waals surface area contributed by atoms with E-state index in [4.69, 9.17) is 11.6 Å². The number of fused-ring (bicyclic) bond motifs is 1. The lowest BCUT2D eigenvalue weighted by molar-refractivity contribution is -0.142. The minimum Gasteiger partial charge on any atom is -0.387 e. The van der Waals surface area contributed by atoms with Crippen LogP contribution in [0.15, 0.2) is 24.3 Å². The van der Waals surface area contributed by atoms with E-state index < -0.39 is 6.10 Å². The molecule has 2 saturated heterocycles. The lowest BCUT2D eigenvalue weighted by atomic mass is 9.83. The summed E-state index contributed by atoms with van der Waals surface area (Å²) in [5.41, 5.74) is 0.917. The lowest BCUT2D eigenvalue weighted by Crippen LogP contribution is -2.57. The first-order chi connectivity index (χ1) is 11.6. The zero-order valence-electron chi connectivity index (χ0n) is 13.9. The number of hydrogen-bond donors (Lipinski definition) is 1. The monoisotopic (exact) mass is 348 g/mol. The molecule has 4 rings (SSSR count). The van der Waals surface area contributed by atoms with Crippen LogP contribution in [-0.4, -0.2) is 52.5 Å². The predicted molar refractivity (Wildman–Crippen MR) is 93.8 cm³/mol. The van der Waals surface area contributed by atoms with Gasteiger partial charge in [0.1, 0.15) is 0 Å². The Morgan fingerprint density at radius 3 is 2.62 bits per heavy atom. The van der Waals surface area contributed by atoms with Crippen molar-refractivity contribution in [2.75, 3.05) is 19.6 Å². The third-order valence-electron chi connectivity index (χ3n) is 5.78. The topological polar surface area (TPSA) is 43.8 Å². The van der Waals surface area contributed by atoms with E-state index in [-0.39, 0.29) is 0 Å². The van der Waals surface area contributed by atoms with Crippen LogP contribution in [0.25, 0.3) is 0 Å². The van der Waals surface area contributed by atoms with Crippen LogP contribution in [0.5, 0.6) is 0 Å². The molecule has 3 fully saturated rings. The summed E-state index contributed by atoms with van der Waals surface area (Å²) in [5, 5.41) is 11.2. The molecule has 1 aromatic carbocycles. The summed E-state index contributed by atoms with van der Waals surface area (Å²) < 4.78 is 0. The number of β-amino-alcohol motifs (C(OH)–C–C–N with tert-alkyl or cyclic N) is 1. The van der Waals surface area contributed by atoms with E-state index in [9.17, 15) is 9.90 Å². The van der Waals surface area contributed by atoms with Crippen molar-refractivity contribution in [2.45, 2.75) is 50.3 Å². The fourth-order valence-electron chi connectivity index (χ4n) is 4.40. The van der Waals surface area contributed by atoms with E-state index in [2.05, 4.69) is 9.80 Å². The number of aliphatic hydroxyl groups excluding tert-OH is 1. The van der Waals surface area contributed by atoms with Crippen molar-refractivity contribution in [1.29, 1.82) is 0 Å². The molecule has 130 valence electrons. The van der Waals surface area contributed by atoms with Crippen molar-refractivity contribution >= 4 is 17.5 Å². The van der Waals surface area contributed by atoms with E-state index in [1.807, 2.05) is 24.3 Å². The Kier molecular flexibility index (Phi) is 4.54. The Morgan fingerprint density at radius 2 is 1.92 bits per heavy atom. The van der Waals surface area contributed by atoms with Crippen molar-refractivity contribution in [3.05, 3.63) is 34.9 Å². The Balaban J connectivity index is 1.37. The van der Waals surface area contributed by atoms with Gasteiger partial charge in [0.2, 0.25) is 5.91 Å². The lowest BCUT2D eigenvalue weighted by Gasteiger charge is -2.47. The van der Waals surface area contributed by atoms with Crippen LogP contribution in [0.3, 0.4) is 0 Å². The van der Waals surface area contributed by atoms with Crippen molar-refractivity contribution in [2.24, 2.45) is 5.92 Å². The van der Waals surface area contributed by atoms with Crippen molar-refractivity contribution < 1.29 is 9.90 Å². The molecule has 1 aliphatic carbocycles. The number of carbonyl (C=O) groups excluding carboxylic acids is 1. The molecule has 0 bridgehead atoms. The summed E-state index contributed by atoms with van der Waals surface area (Å²) in [6, 6.07) is 8.40. The molecule has 4 nitrogen and oxygen atoms in total. The van der Waals surface area contributed by atoms with Gasteiger partial charge < -0.3 is 10.0 Å². The molecule has 24 heavy (non-hydrogen) atoms. The molecular formula is C19H25ClN2O2. The maximum Gasteiger partial charge on any atom is 0.223 e.